The van der Waals surface area contributed by atoms with Crippen molar-refractivity contribution in [3.8, 4) is 17.4 Å². The van der Waals surface area contributed by atoms with E-state index in [0.29, 0.717) is 42.4 Å². The van der Waals surface area contributed by atoms with Crippen LogP contribution in [0.2, 0.25) is 0 Å². The number of rotatable bonds is 9. The SMILES string of the molecule is COCCN(C)C1CCN(CC(=O)Nc2cc(-n3nc(C)cc3C)nc(-c3ccc(C)o3)n2)C1. The van der Waals surface area contributed by atoms with E-state index in [9.17, 15) is 4.79 Å². The van der Waals surface area contributed by atoms with Crippen LogP contribution in [0.1, 0.15) is 23.6 Å². The summed E-state index contributed by atoms with van der Waals surface area (Å²) in [5, 5.41) is 7.48. The van der Waals surface area contributed by atoms with Crippen molar-refractivity contribution in [3.63, 3.8) is 0 Å². The molecule has 3 aromatic heterocycles. The summed E-state index contributed by atoms with van der Waals surface area (Å²) in [5.41, 5.74) is 1.83. The highest BCUT2D eigenvalue weighted by Crippen LogP contribution is 2.23. The summed E-state index contributed by atoms with van der Waals surface area (Å²) in [6.07, 6.45) is 1.03. The fraction of sp³-hybridized carbons (Fsp3) is 0.500. The maximum Gasteiger partial charge on any atom is 0.239 e. The Kier molecular flexibility index (Phi) is 7.40. The number of likely N-dealkylation sites (tertiary alicyclic amines) is 1. The molecule has 10 nitrogen and oxygen atoms in total. The number of hydrogen-bond donors (Lipinski definition) is 1. The molecule has 0 saturated carbocycles. The van der Waals surface area contributed by atoms with Crippen molar-refractivity contribution in [2.24, 2.45) is 0 Å². The van der Waals surface area contributed by atoms with Crippen LogP contribution >= 0.6 is 0 Å². The third kappa shape index (κ3) is 5.69. The Labute approximate surface area is 199 Å². The van der Waals surface area contributed by atoms with Crippen molar-refractivity contribution in [2.75, 3.05) is 52.3 Å². The first-order chi connectivity index (χ1) is 16.3. The van der Waals surface area contributed by atoms with E-state index in [1.807, 2.05) is 39.0 Å². The normalized spacial score (nSPS) is 16.5. The Balaban J connectivity index is 1.49. The molecule has 1 saturated heterocycles. The van der Waals surface area contributed by atoms with Crippen LogP contribution < -0.4 is 5.32 Å². The second-order valence-electron chi connectivity index (χ2n) is 8.88. The molecule has 0 spiro atoms. The van der Waals surface area contributed by atoms with E-state index >= 15 is 0 Å². The largest absolute Gasteiger partial charge is 0.458 e. The van der Waals surface area contributed by atoms with Crippen LogP contribution in [0.25, 0.3) is 17.4 Å². The van der Waals surface area contributed by atoms with Crippen LogP contribution in [0.5, 0.6) is 0 Å². The highest BCUT2D eigenvalue weighted by Gasteiger charge is 2.27. The molecule has 4 heterocycles. The molecule has 1 unspecified atom stereocenters. The fourth-order valence-corrected chi connectivity index (χ4v) is 4.25. The number of likely N-dealkylation sites (N-methyl/N-ethyl adjacent to an activating group) is 1. The fourth-order valence-electron chi connectivity index (χ4n) is 4.25. The molecule has 3 aromatic rings. The van der Waals surface area contributed by atoms with E-state index < -0.39 is 0 Å². The summed E-state index contributed by atoms with van der Waals surface area (Å²) in [5.74, 6) is 2.58. The number of anilines is 1. The minimum atomic E-state index is -0.111. The summed E-state index contributed by atoms with van der Waals surface area (Å²) in [4.78, 5) is 26.6. The van der Waals surface area contributed by atoms with E-state index in [0.717, 1.165) is 43.2 Å². The zero-order valence-electron chi connectivity index (χ0n) is 20.5. The third-order valence-corrected chi connectivity index (χ3v) is 6.05. The predicted octanol–water partition coefficient (Wildman–Crippen LogP) is 2.44. The second-order valence-corrected chi connectivity index (χ2v) is 8.88. The lowest BCUT2D eigenvalue weighted by molar-refractivity contribution is -0.117. The van der Waals surface area contributed by atoms with E-state index in [2.05, 4.69) is 37.2 Å². The molecule has 10 heteroatoms. The van der Waals surface area contributed by atoms with Gasteiger partial charge in [0.2, 0.25) is 5.91 Å². The van der Waals surface area contributed by atoms with Gasteiger partial charge >= 0.3 is 0 Å². The quantitative estimate of drug-likeness (QED) is 0.512. The Bertz CT molecular complexity index is 1140. The minimum absolute atomic E-state index is 0.111. The number of furan rings is 1. The molecule has 34 heavy (non-hydrogen) atoms. The lowest BCUT2D eigenvalue weighted by atomic mass is 10.2. The standard InChI is InChI=1S/C24H33N7O3/c1-16-12-17(2)31(28-16)22-13-21(26-24(27-22)20-7-6-18(3)34-20)25-23(32)15-30-9-8-19(14-30)29(4)10-11-33-5/h6-7,12-13,19H,8-11,14-15H2,1-5H3,(H,25,26,27,32). The summed E-state index contributed by atoms with van der Waals surface area (Å²) < 4.78 is 12.7. The van der Waals surface area contributed by atoms with Crippen molar-refractivity contribution < 1.29 is 13.9 Å². The number of ether oxygens (including phenoxy) is 1. The first-order valence-electron chi connectivity index (χ1n) is 11.5. The van der Waals surface area contributed by atoms with Gasteiger partial charge in [0.05, 0.1) is 18.8 Å². The lowest BCUT2D eigenvalue weighted by Crippen LogP contribution is -2.38. The average molecular weight is 468 g/mol. The van der Waals surface area contributed by atoms with Crippen molar-refractivity contribution in [1.82, 2.24) is 29.5 Å². The van der Waals surface area contributed by atoms with Crippen LogP contribution in [0.15, 0.2) is 28.7 Å². The summed E-state index contributed by atoms with van der Waals surface area (Å²) in [6, 6.07) is 7.83. The average Bonchev–Trinajstić information content (AvgIpc) is 3.52. The van der Waals surface area contributed by atoms with Crippen LogP contribution in [-0.2, 0) is 9.53 Å². The van der Waals surface area contributed by atoms with E-state index in [1.54, 1.807) is 17.9 Å². The molecule has 1 fully saturated rings. The number of aromatic nitrogens is 4. The molecule has 0 radical (unpaired) electrons. The molecular formula is C24H33N7O3. The van der Waals surface area contributed by atoms with Crippen LogP contribution in [-0.4, -0.2) is 88.4 Å². The summed E-state index contributed by atoms with van der Waals surface area (Å²) in [7, 11) is 3.82. The molecule has 0 aromatic carbocycles. The van der Waals surface area contributed by atoms with Crippen molar-refractivity contribution in [3.05, 3.63) is 41.4 Å². The Morgan fingerprint density at radius 3 is 2.76 bits per heavy atom. The molecule has 0 bridgehead atoms. The summed E-state index contributed by atoms with van der Waals surface area (Å²) >= 11 is 0. The first kappa shape index (κ1) is 24.1. The number of carbonyl (C=O) groups is 1. The zero-order valence-corrected chi connectivity index (χ0v) is 20.5. The third-order valence-electron chi connectivity index (χ3n) is 6.05. The molecule has 1 aliphatic heterocycles. The highest BCUT2D eigenvalue weighted by atomic mass is 16.5. The molecule has 4 rings (SSSR count). The molecular weight excluding hydrogens is 434 g/mol. The van der Waals surface area contributed by atoms with Crippen LogP contribution in [0.3, 0.4) is 0 Å². The van der Waals surface area contributed by atoms with Gasteiger partial charge in [0.15, 0.2) is 17.4 Å². The smallest absolute Gasteiger partial charge is 0.239 e. The molecule has 1 atom stereocenters. The minimum Gasteiger partial charge on any atom is -0.458 e. The number of nitrogens with zero attached hydrogens (tertiary/aromatic N) is 6. The lowest BCUT2D eigenvalue weighted by Gasteiger charge is -2.24. The molecule has 1 N–H and O–H groups in total. The van der Waals surface area contributed by atoms with Crippen molar-refractivity contribution in [2.45, 2.75) is 33.2 Å². The predicted molar refractivity (Wildman–Crippen MR) is 129 cm³/mol. The van der Waals surface area contributed by atoms with Gasteiger partial charge < -0.3 is 14.5 Å². The van der Waals surface area contributed by atoms with Crippen molar-refractivity contribution in [1.29, 1.82) is 0 Å². The van der Waals surface area contributed by atoms with Gasteiger partial charge in [-0.15, -0.1) is 0 Å². The van der Waals surface area contributed by atoms with Gasteiger partial charge in [-0.05, 0) is 52.4 Å². The number of hydrogen-bond acceptors (Lipinski definition) is 8. The van der Waals surface area contributed by atoms with Crippen molar-refractivity contribution >= 4 is 11.7 Å². The van der Waals surface area contributed by atoms with E-state index in [1.165, 1.54) is 0 Å². The van der Waals surface area contributed by atoms with Gasteiger partial charge in [0.1, 0.15) is 11.6 Å². The van der Waals surface area contributed by atoms with Gasteiger partial charge in [-0.1, -0.05) is 0 Å². The molecule has 0 aliphatic carbocycles. The van der Waals surface area contributed by atoms with Gasteiger partial charge in [-0.25, -0.2) is 14.6 Å². The first-order valence-corrected chi connectivity index (χ1v) is 11.5. The Morgan fingerprint density at radius 2 is 2.09 bits per heavy atom. The number of carbonyl (C=O) groups excluding carboxylic acids is 1. The van der Waals surface area contributed by atoms with E-state index in [4.69, 9.17) is 9.15 Å². The van der Waals surface area contributed by atoms with Gasteiger partial charge in [0.25, 0.3) is 0 Å². The van der Waals surface area contributed by atoms with E-state index in [-0.39, 0.29) is 5.91 Å². The van der Waals surface area contributed by atoms with Gasteiger partial charge in [-0.3, -0.25) is 14.6 Å². The maximum atomic E-state index is 12.9. The number of methoxy groups -OCH3 is 1. The topological polar surface area (TPSA) is 102 Å². The number of amides is 1. The number of aryl methyl sites for hydroxylation is 3. The Morgan fingerprint density at radius 1 is 1.26 bits per heavy atom. The van der Waals surface area contributed by atoms with Gasteiger partial charge in [0, 0.05) is 44.5 Å². The van der Waals surface area contributed by atoms with Crippen LogP contribution in [0, 0.1) is 20.8 Å². The molecule has 182 valence electrons. The van der Waals surface area contributed by atoms with Crippen LogP contribution in [0.4, 0.5) is 5.82 Å². The summed E-state index contributed by atoms with van der Waals surface area (Å²) in [6.45, 7) is 9.39. The highest BCUT2D eigenvalue weighted by molar-refractivity contribution is 5.91. The van der Waals surface area contributed by atoms with Gasteiger partial charge in [-0.2, -0.15) is 5.10 Å². The Hall–Kier alpha value is -3.08. The number of nitrogens with one attached hydrogen (secondary N) is 1. The molecule has 1 aliphatic rings. The monoisotopic (exact) mass is 467 g/mol. The molecule has 1 amide bonds. The maximum absolute atomic E-state index is 12.9. The second kappa shape index (κ2) is 10.5. The zero-order chi connectivity index (χ0) is 24.2.